The topological polar surface area (TPSA) is 66.6 Å². The van der Waals surface area contributed by atoms with Gasteiger partial charge in [0.25, 0.3) is 0 Å². The van der Waals surface area contributed by atoms with Gasteiger partial charge in [-0.15, -0.1) is 0 Å². The summed E-state index contributed by atoms with van der Waals surface area (Å²) >= 11 is 0. The number of piperazine rings is 1. The number of nitrogens with zero attached hydrogens (tertiary/aromatic N) is 2. The summed E-state index contributed by atoms with van der Waals surface area (Å²) in [6.07, 6.45) is 4.96. The molecule has 2 saturated carbocycles. The van der Waals surface area contributed by atoms with Crippen LogP contribution in [0, 0.1) is 5.92 Å². The minimum Gasteiger partial charge on any atom is -0.366 e. The lowest BCUT2D eigenvalue weighted by Crippen LogP contribution is -2.53. The van der Waals surface area contributed by atoms with Crippen LogP contribution in [-0.2, 0) is 4.79 Å². The molecule has 1 heterocycles. The van der Waals surface area contributed by atoms with Gasteiger partial charge < -0.3 is 10.6 Å². The molecule has 0 radical (unpaired) electrons. The quantitative estimate of drug-likeness (QED) is 0.911. The average molecular weight is 343 g/mol. The van der Waals surface area contributed by atoms with Crippen molar-refractivity contribution in [3.8, 4) is 0 Å². The third-order valence-electron chi connectivity index (χ3n) is 5.95. The van der Waals surface area contributed by atoms with E-state index in [-0.39, 0.29) is 13.3 Å². The molecule has 25 heavy (non-hydrogen) atoms. The summed E-state index contributed by atoms with van der Waals surface area (Å²) in [5, 5.41) is 0. The number of nitrogens with two attached hydrogens (primary N) is 1. The van der Waals surface area contributed by atoms with E-state index in [9.17, 15) is 9.59 Å². The number of amides is 2. The number of hydrogen-bond acceptors (Lipinski definition) is 3. The van der Waals surface area contributed by atoms with E-state index in [1.807, 2.05) is 12.1 Å². The van der Waals surface area contributed by atoms with Gasteiger partial charge in [0, 0.05) is 43.7 Å². The van der Waals surface area contributed by atoms with Crippen LogP contribution in [0.1, 0.15) is 54.9 Å². The predicted octanol–water partition coefficient (Wildman–Crippen LogP) is 2.22. The number of primary amides is 1. The van der Waals surface area contributed by atoms with Gasteiger partial charge in [0.2, 0.25) is 11.8 Å². The van der Waals surface area contributed by atoms with E-state index in [1.165, 1.54) is 19.3 Å². The van der Waals surface area contributed by atoms with Gasteiger partial charge in [-0.25, -0.2) is 0 Å². The number of hydrogen-bond donors (Lipinski definition) is 1. The summed E-state index contributed by atoms with van der Waals surface area (Å²) in [4.78, 5) is 28.5. The summed E-state index contributed by atoms with van der Waals surface area (Å²) in [6.45, 7) is 3.81. The highest BCUT2D eigenvalue weighted by Gasteiger charge is 2.46. The number of carbonyl (C=O) groups is 2. The van der Waals surface area contributed by atoms with Crippen LogP contribution < -0.4 is 5.73 Å². The first-order chi connectivity index (χ1) is 11.6. The minimum absolute atomic E-state index is 0. The van der Waals surface area contributed by atoms with Crippen molar-refractivity contribution in [2.75, 3.05) is 26.2 Å². The van der Waals surface area contributed by atoms with E-state index < -0.39 is 5.91 Å². The van der Waals surface area contributed by atoms with Crippen molar-refractivity contribution >= 4 is 11.8 Å². The van der Waals surface area contributed by atoms with Gasteiger partial charge in [-0.2, -0.15) is 0 Å². The normalized spacial score (nSPS) is 26.5. The molecular formula is C20H29N3O2. The molecule has 3 aliphatic rings. The van der Waals surface area contributed by atoms with Crippen molar-refractivity contribution in [2.24, 2.45) is 11.7 Å². The van der Waals surface area contributed by atoms with Crippen molar-refractivity contribution < 1.29 is 9.59 Å². The van der Waals surface area contributed by atoms with Gasteiger partial charge in [0.15, 0.2) is 0 Å². The molecule has 1 aromatic rings. The number of benzene rings is 1. The van der Waals surface area contributed by atoms with Crippen molar-refractivity contribution in [3.63, 3.8) is 0 Å². The Morgan fingerprint density at radius 2 is 1.64 bits per heavy atom. The van der Waals surface area contributed by atoms with Gasteiger partial charge >= 0.3 is 0 Å². The van der Waals surface area contributed by atoms with E-state index in [2.05, 4.69) is 9.80 Å². The van der Waals surface area contributed by atoms with Crippen LogP contribution >= 0.6 is 0 Å². The molecule has 136 valence electrons. The molecule has 1 saturated heterocycles. The molecule has 0 bridgehead atoms. The first-order valence-corrected chi connectivity index (χ1v) is 9.06. The fourth-order valence-electron chi connectivity index (χ4n) is 4.02. The van der Waals surface area contributed by atoms with Crippen LogP contribution in [0.15, 0.2) is 24.3 Å². The lowest BCUT2D eigenvalue weighted by Gasteiger charge is -2.43. The summed E-state index contributed by atoms with van der Waals surface area (Å²) in [7, 11) is 0. The van der Waals surface area contributed by atoms with Gasteiger partial charge in [-0.1, -0.05) is 26.0 Å². The molecule has 2 aliphatic carbocycles. The zero-order valence-electron chi connectivity index (χ0n) is 14.0. The smallest absolute Gasteiger partial charge is 0.248 e. The molecule has 2 amide bonds. The number of rotatable bonds is 4. The highest BCUT2D eigenvalue weighted by molar-refractivity contribution is 5.92. The average Bonchev–Trinajstić information content (AvgIpc) is 3.34. The molecule has 0 aromatic heterocycles. The number of carbonyl (C=O) groups excluding carboxylic acids is 2. The Morgan fingerprint density at radius 1 is 1.00 bits per heavy atom. The molecule has 1 unspecified atom stereocenters. The minimum atomic E-state index is -0.408. The van der Waals surface area contributed by atoms with Crippen LogP contribution in [0.2, 0.25) is 0 Å². The van der Waals surface area contributed by atoms with Crippen LogP contribution in [0.4, 0.5) is 0 Å². The van der Waals surface area contributed by atoms with E-state index in [0.717, 1.165) is 44.2 Å². The third-order valence-corrected chi connectivity index (χ3v) is 5.95. The molecule has 5 heteroatoms. The Labute approximate surface area is 150 Å². The van der Waals surface area contributed by atoms with Gasteiger partial charge in [0.05, 0.1) is 0 Å². The molecule has 0 spiro atoms. The van der Waals surface area contributed by atoms with E-state index in [4.69, 9.17) is 5.73 Å². The van der Waals surface area contributed by atoms with E-state index in [1.54, 1.807) is 12.1 Å². The molecule has 2 atom stereocenters. The molecular weight excluding hydrogens is 314 g/mol. The van der Waals surface area contributed by atoms with E-state index in [0.29, 0.717) is 17.4 Å². The zero-order valence-corrected chi connectivity index (χ0v) is 14.0. The van der Waals surface area contributed by atoms with E-state index >= 15 is 0 Å². The summed E-state index contributed by atoms with van der Waals surface area (Å²) in [6, 6.07) is 8.17. The predicted molar refractivity (Wildman–Crippen MR) is 98.3 cm³/mol. The van der Waals surface area contributed by atoms with Gasteiger partial charge in [-0.3, -0.25) is 14.5 Å². The maximum Gasteiger partial charge on any atom is 0.248 e. The standard InChI is InChI=1S/C19H25N3O2.CH4/c20-18(23)14-6-4-13(5-7-14)16-12-17(16)19(24)22-10-8-21(9-11-22)15-2-1-3-15;/h4-7,15-17H,1-3,8-12H2,(H2,20,23);1H4/t16?,17-;/m1./s1. The highest BCUT2D eigenvalue weighted by atomic mass is 16.2. The highest BCUT2D eigenvalue weighted by Crippen LogP contribution is 2.48. The first-order valence-electron chi connectivity index (χ1n) is 9.06. The third kappa shape index (κ3) is 3.56. The fourth-order valence-corrected chi connectivity index (χ4v) is 4.02. The second-order valence-corrected chi connectivity index (χ2v) is 7.38. The molecule has 5 nitrogen and oxygen atoms in total. The second kappa shape index (κ2) is 7.16. The fraction of sp³-hybridized carbons (Fsp3) is 0.600. The maximum atomic E-state index is 12.7. The van der Waals surface area contributed by atoms with Crippen molar-refractivity contribution in [1.82, 2.24) is 9.80 Å². The molecule has 2 N–H and O–H groups in total. The summed E-state index contributed by atoms with van der Waals surface area (Å²) in [5.41, 5.74) is 6.94. The lowest BCUT2D eigenvalue weighted by molar-refractivity contribution is -0.135. The Kier molecular flexibility index (Phi) is 5.13. The van der Waals surface area contributed by atoms with Gasteiger partial charge in [0.1, 0.15) is 0 Å². The summed E-state index contributed by atoms with van der Waals surface area (Å²) < 4.78 is 0. The van der Waals surface area contributed by atoms with Crippen LogP contribution in [0.25, 0.3) is 0 Å². The largest absolute Gasteiger partial charge is 0.366 e. The van der Waals surface area contributed by atoms with Crippen molar-refractivity contribution in [1.29, 1.82) is 0 Å². The summed E-state index contributed by atoms with van der Waals surface area (Å²) in [5.74, 6) is 0.338. The Bertz CT molecular complexity index is 631. The van der Waals surface area contributed by atoms with Crippen molar-refractivity contribution in [3.05, 3.63) is 35.4 Å². The van der Waals surface area contributed by atoms with Crippen LogP contribution in [-0.4, -0.2) is 53.8 Å². The molecule has 4 rings (SSSR count). The zero-order chi connectivity index (χ0) is 16.7. The van der Waals surface area contributed by atoms with Crippen molar-refractivity contribution in [2.45, 2.75) is 45.1 Å². The molecule has 1 aromatic carbocycles. The SMILES string of the molecule is C.NC(=O)c1ccc(C2C[C@H]2C(=O)N2CCN(C3CCC3)CC2)cc1. The maximum absolute atomic E-state index is 12.7. The monoisotopic (exact) mass is 343 g/mol. The van der Waals surface area contributed by atoms with Crippen LogP contribution in [0.3, 0.4) is 0 Å². The van der Waals surface area contributed by atoms with Gasteiger partial charge in [-0.05, 0) is 42.9 Å². The Hall–Kier alpha value is -1.88. The second-order valence-electron chi connectivity index (χ2n) is 7.38. The molecule has 1 aliphatic heterocycles. The van der Waals surface area contributed by atoms with Crippen LogP contribution in [0.5, 0.6) is 0 Å². The molecule has 3 fully saturated rings. The Balaban J connectivity index is 0.00000182. The first kappa shape index (κ1) is 17.9. The lowest BCUT2D eigenvalue weighted by atomic mass is 9.91. The Morgan fingerprint density at radius 3 is 2.16 bits per heavy atom.